The lowest BCUT2D eigenvalue weighted by molar-refractivity contribution is -0.155. The lowest BCUT2D eigenvalue weighted by Crippen LogP contribution is -2.24. The Morgan fingerprint density at radius 1 is 0.526 bits per heavy atom. The summed E-state index contributed by atoms with van der Waals surface area (Å²) in [6.07, 6.45) is 10.5. The molecular weight excluding hydrogens is 1740 g/mol. The molecule has 23 nitrogen and oxygen atoms in total. The van der Waals surface area contributed by atoms with Crippen LogP contribution in [-0.2, 0) is 43.1 Å². The van der Waals surface area contributed by atoms with Gasteiger partial charge in [-0.2, -0.15) is 9.97 Å². The highest BCUT2D eigenvalue weighted by atomic mass is 127. The molecule has 3 aromatic carbocycles. The molecule has 0 aliphatic heterocycles. The van der Waals surface area contributed by atoms with Crippen molar-refractivity contribution in [2.45, 2.75) is 91.3 Å². The SMILES string of the molecule is CC(C)(C)OC(=O)CCc1cc(Cl)c(-c2noc(-c3cn4cc(I)cc(Cl)c4n3)n2)cc1F.CC(C)(C)OC(=O)CCc1cc(Cl)c(/C(N)=N/O)cc1F.O=C(O)CCc1cc(Cl)c(-c2noc(-c3cn4cc(I)cc(Cl)c4n3)n2)cc1F.O=C(O)c1cn2cc(I)cc(Cl)c2n1. The van der Waals surface area contributed by atoms with Crippen LogP contribution in [0.25, 0.3) is 62.9 Å². The van der Waals surface area contributed by atoms with E-state index in [4.69, 9.17) is 109 Å². The van der Waals surface area contributed by atoms with E-state index in [-0.39, 0.29) is 116 Å². The third-order valence-electron chi connectivity index (χ3n) is 12.8. The van der Waals surface area contributed by atoms with E-state index in [1.54, 1.807) is 91.5 Å². The minimum atomic E-state index is -1.06. The van der Waals surface area contributed by atoms with Crippen LogP contribution in [0.5, 0.6) is 0 Å². The zero-order valence-corrected chi connectivity index (χ0v) is 62.1. The Bertz CT molecular complexity index is 4860. The maximum Gasteiger partial charge on any atom is 0.356 e. The number of halogens is 12. The molecule has 0 atom stereocenters. The molecule has 0 saturated carbocycles. The molecule has 8 heterocycles. The fourth-order valence-corrected chi connectivity index (χ4v) is 12.7. The number of nitrogens with zero attached hydrogens (tertiary/aromatic N) is 11. The van der Waals surface area contributed by atoms with Gasteiger partial charge in [0.25, 0.3) is 11.8 Å². The molecule has 0 radical (unpaired) electrons. The number of aromatic carboxylic acids is 1. The van der Waals surface area contributed by atoms with Gasteiger partial charge in [0.1, 0.15) is 40.0 Å². The molecule has 8 aromatic heterocycles. The summed E-state index contributed by atoms with van der Waals surface area (Å²) in [4.78, 5) is 66.2. The molecule has 0 fully saturated rings. The molecule has 0 amide bonds. The van der Waals surface area contributed by atoms with Gasteiger partial charge >= 0.3 is 23.9 Å². The van der Waals surface area contributed by atoms with Crippen molar-refractivity contribution in [2.24, 2.45) is 10.9 Å². The molecule has 0 unspecified atom stereocenters. The molecular formula is C62H50Cl6F3I3N12O11. The molecule has 0 aliphatic rings. The molecule has 97 heavy (non-hydrogen) atoms. The van der Waals surface area contributed by atoms with E-state index in [1.165, 1.54) is 30.5 Å². The number of hydrogen-bond donors (Lipinski definition) is 4. The Morgan fingerprint density at radius 3 is 1.28 bits per heavy atom. The molecule has 5 N–H and O–H groups in total. The molecule has 11 rings (SSSR count). The van der Waals surface area contributed by atoms with E-state index in [9.17, 15) is 32.3 Å². The second-order valence-electron chi connectivity index (χ2n) is 22.6. The van der Waals surface area contributed by atoms with E-state index in [0.717, 1.165) is 22.8 Å². The Morgan fingerprint density at radius 2 is 0.897 bits per heavy atom. The number of oxime groups is 1. The highest BCUT2D eigenvalue weighted by Crippen LogP contribution is 2.35. The number of benzene rings is 3. The number of ether oxygens (including phenoxy) is 2. The quantitative estimate of drug-likeness (QED) is 0.0185. The fraction of sp³-hybridized carbons (Fsp3) is 0.226. The van der Waals surface area contributed by atoms with Crippen LogP contribution in [0.3, 0.4) is 0 Å². The summed E-state index contributed by atoms with van der Waals surface area (Å²) in [5.74, 6) is -4.41. The Hall–Kier alpha value is -7.12. The van der Waals surface area contributed by atoms with Gasteiger partial charge in [-0.1, -0.05) is 85.1 Å². The number of pyridine rings is 3. The van der Waals surface area contributed by atoms with Crippen molar-refractivity contribution in [1.82, 2.24) is 48.4 Å². The van der Waals surface area contributed by atoms with Crippen LogP contribution < -0.4 is 5.73 Å². The van der Waals surface area contributed by atoms with Crippen LogP contribution >= 0.6 is 137 Å². The van der Waals surface area contributed by atoms with E-state index >= 15 is 0 Å². The molecule has 0 bridgehead atoms. The first kappa shape index (κ1) is 75.6. The van der Waals surface area contributed by atoms with Crippen LogP contribution in [0.4, 0.5) is 13.2 Å². The Balaban J connectivity index is 0.000000172. The smallest absolute Gasteiger partial charge is 0.356 e. The second-order valence-corrected chi connectivity index (χ2v) is 28.7. The number of esters is 2. The third-order valence-corrected chi connectivity index (χ3v) is 16.4. The van der Waals surface area contributed by atoms with Crippen molar-refractivity contribution in [1.29, 1.82) is 0 Å². The number of nitrogens with two attached hydrogens (primary N) is 1. The topological polar surface area (TPSA) is 316 Å². The number of aliphatic carboxylic acids is 1. The average molecular weight is 1790 g/mol. The van der Waals surface area contributed by atoms with Gasteiger partial charge in [0.05, 0.1) is 30.1 Å². The van der Waals surface area contributed by atoms with Crippen molar-refractivity contribution in [3.05, 3.63) is 178 Å². The van der Waals surface area contributed by atoms with Gasteiger partial charge in [-0.05, 0) is 200 Å². The summed E-state index contributed by atoms with van der Waals surface area (Å²) in [6, 6.07) is 13.0. The number of aromatic nitrogens is 10. The molecule has 11 aromatic rings. The lowest BCUT2D eigenvalue weighted by Gasteiger charge is -2.19. The standard InChI is InChI=1S/C22H18Cl2FIN4O3.C18H10Cl2FIN4O3.C14H18ClFN2O3.C8H4ClIN2O2/c1-22(2,3)32-18(31)5-4-11-6-14(23)13(8-16(11)25)19-28-21(33-29-19)17-10-30-9-12(26)7-15(24)20(30)27-17;19-11-3-8(1-2-15(27)28)13(21)5-10(11)16-24-18(29-25-16)14-7-26-6-9(22)4-12(20)17(26)23-14;1-14(2,3)21-12(19)5-4-8-6-10(15)9(7-11(8)16)13(17)18-20;9-5-1-4(10)2-12-3-6(8(13)14)11-7(5)12/h6-10H,4-5H2,1-3H3;3-7H,1-2H2,(H,27,28);6-7,20H,4-5H2,1-3H3,(H2,17,18);1-3H,(H,13,14). The first-order valence-corrected chi connectivity index (χ1v) is 33.5. The van der Waals surface area contributed by atoms with Gasteiger partial charge in [-0.15, -0.1) is 0 Å². The summed E-state index contributed by atoms with van der Waals surface area (Å²) in [5.41, 5.74) is 7.92. The predicted molar refractivity (Wildman–Crippen MR) is 381 cm³/mol. The summed E-state index contributed by atoms with van der Waals surface area (Å²) in [5, 5.41) is 38.6. The summed E-state index contributed by atoms with van der Waals surface area (Å²) in [7, 11) is 0. The average Bonchev–Trinajstić information content (AvgIpc) is 1.68. The first-order chi connectivity index (χ1) is 45.5. The maximum atomic E-state index is 14.7. The number of carbonyl (C=O) groups excluding carboxylic acids is 2. The number of amidine groups is 1. The maximum absolute atomic E-state index is 14.7. The van der Waals surface area contributed by atoms with Crippen molar-refractivity contribution in [3.63, 3.8) is 0 Å². The largest absolute Gasteiger partial charge is 0.481 e. The van der Waals surface area contributed by atoms with Gasteiger partial charge in [0, 0.05) is 83.8 Å². The summed E-state index contributed by atoms with van der Waals surface area (Å²) >= 11 is 43.3. The monoisotopic (exact) mass is 1790 g/mol. The van der Waals surface area contributed by atoms with Crippen molar-refractivity contribution in [2.75, 3.05) is 0 Å². The predicted octanol–water partition coefficient (Wildman–Crippen LogP) is 16.6. The first-order valence-electron chi connectivity index (χ1n) is 28.0. The summed E-state index contributed by atoms with van der Waals surface area (Å²) < 4.78 is 71.9. The molecule has 0 aliphatic carbocycles. The van der Waals surface area contributed by atoms with E-state index in [1.807, 2.05) is 12.4 Å². The van der Waals surface area contributed by atoms with E-state index in [0.29, 0.717) is 49.0 Å². The van der Waals surface area contributed by atoms with Gasteiger partial charge in [0.2, 0.25) is 11.6 Å². The van der Waals surface area contributed by atoms with Crippen molar-refractivity contribution >= 4 is 184 Å². The zero-order valence-electron chi connectivity index (χ0n) is 51.0. The third kappa shape index (κ3) is 20.3. The van der Waals surface area contributed by atoms with Crippen LogP contribution in [0.15, 0.2) is 106 Å². The minimum Gasteiger partial charge on any atom is -0.481 e. The number of carbonyl (C=O) groups is 4. The Kier molecular flexibility index (Phi) is 25.2. The normalized spacial score (nSPS) is 11.6. The number of rotatable bonds is 15. The molecule has 0 saturated heterocycles. The number of fused-ring (bicyclic) bond motifs is 3. The van der Waals surface area contributed by atoms with Crippen LogP contribution in [-0.4, -0.2) is 105 Å². The number of imidazole rings is 3. The van der Waals surface area contributed by atoms with Gasteiger partial charge in [-0.25, -0.2) is 32.9 Å². The number of carboxylic acid groups (broad SMARTS) is 2. The summed E-state index contributed by atoms with van der Waals surface area (Å²) in [6.45, 7) is 10.6. The van der Waals surface area contributed by atoms with Crippen LogP contribution in [0.2, 0.25) is 30.1 Å². The van der Waals surface area contributed by atoms with Crippen LogP contribution in [0, 0.1) is 28.2 Å². The number of carboxylic acids is 2. The fourth-order valence-electron chi connectivity index (χ4n) is 8.69. The van der Waals surface area contributed by atoms with Crippen molar-refractivity contribution < 1.29 is 66.3 Å². The molecule has 35 heteroatoms. The highest BCUT2D eigenvalue weighted by molar-refractivity contribution is 14.1. The highest BCUT2D eigenvalue weighted by Gasteiger charge is 2.24. The molecule has 0 spiro atoms. The molecule has 508 valence electrons. The zero-order chi connectivity index (χ0) is 71.1. The minimum absolute atomic E-state index is 0.00565. The van der Waals surface area contributed by atoms with Gasteiger partial charge in [-0.3, -0.25) is 14.4 Å². The Labute approximate surface area is 619 Å². The van der Waals surface area contributed by atoms with E-state index < -0.39 is 52.5 Å². The van der Waals surface area contributed by atoms with Gasteiger partial charge < -0.3 is 52.9 Å². The number of aryl methyl sites for hydroxylation is 3. The van der Waals surface area contributed by atoms with Crippen LogP contribution in [0.1, 0.15) is 93.5 Å². The number of hydrogen-bond acceptors (Lipinski definition) is 17. The second kappa shape index (κ2) is 32.3. The van der Waals surface area contributed by atoms with E-state index in [2.05, 4.69) is 108 Å². The van der Waals surface area contributed by atoms with Gasteiger partial charge in [0.15, 0.2) is 28.5 Å². The van der Waals surface area contributed by atoms with Crippen molar-refractivity contribution in [3.8, 4) is 45.9 Å². The lowest BCUT2D eigenvalue weighted by atomic mass is 10.1.